The van der Waals surface area contributed by atoms with Crippen molar-refractivity contribution in [3.8, 4) is 0 Å². The van der Waals surface area contributed by atoms with Gasteiger partial charge in [-0.15, -0.1) is 0 Å². The SMILES string of the molecule is O=C1CN(C2CCN(C(=O)C3CCC3)CC2)CCN1CCc1ccccc1. The van der Waals surface area contributed by atoms with E-state index in [0.29, 0.717) is 24.4 Å². The van der Waals surface area contributed by atoms with Crippen molar-refractivity contribution in [1.82, 2.24) is 14.7 Å². The Morgan fingerprint density at radius 1 is 0.963 bits per heavy atom. The molecule has 1 aromatic carbocycles. The molecule has 0 bridgehead atoms. The molecule has 5 heteroatoms. The van der Waals surface area contributed by atoms with Crippen molar-refractivity contribution in [1.29, 1.82) is 0 Å². The number of rotatable bonds is 5. The number of hydrogen-bond donors (Lipinski definition) is 0. The number of carbonyl (C=O) groups is 2. The van der Waals surface area contributed by atoms with E-state index in [-0.39, 0.29) is 5.91 Å². The molecule has 27 heavy (non-hydrogen) atoms. The molecule has 0 radical (unpaired) electrons. The monoisotopic (exact) mass is 369 g/mol. The van der Waals surface area contributed by atoms with Gasteiger partial charge < -0.3 is 9.80 Å². The Balaban J connectivity index is 1.21. The van der Waals surface area contributed by atoms with Gasteiger partial charge >= 0.3 is 0 Å². The molecule has 146 valence electrons. The highest BCUT2D eigenvalue weighted by Crippen LogP contribution is 2.30. The quantitative estimate of drug-likeness (QED) is 0.799. The van der Waals surface area contributed by atoms with Crippen LogP contribution in [0.2, 0.25) is 0 Å². The van der Waals surface area contributed by atoms with Gasteiger partial charge in [0.2, 0.25) is 11.8 Å². The van der Waals surface area contributed by atoms with E-state index in [1.54, 1.807) is 0 Å². The van der Waals surface area contributed by atoms with Crippen LogP contribution in [0.4, 0.5) is 0 Å². The fourth-order valence-corrected chi connectivity index (χ4v) is 4.55. The first kappa shape index (κ1) is 18.5. The van der Waals surface area contributed by atoms with Gasteiger partial charge in [0.15, 0.2) is 0 Å². The summed E-state index contributed by atoms with van der Waals surface area (Å²) in [7, 11) is 0. The first-order valence-electron chi connectivity index (χ1n) is 10.6. The normalized spacial score (nSPS) is 22.7. The van der Waals surface area contributed by atoms with Gasteiger partial charge in [-0.1, -0.05) is 36.8 Å². The zero-order valence-electron chi connectivity index (χ0n) is 16.2. The highest BCUT2D eigenvalue weighted by Gasteiger charge is 2.34. The topological polar surface area (TPSA) is 43.9 Å². The van der Waals surface area contributed by atoms with Gasteiger partial charge in [0.05, 0.1) is 6.54 Å². The maximum absolute atomic E-state index is 12.6. The summed E-state index contributed by atoms with van der Waals surface area (Å²) in [5, 5.41) is 0. The van der Waals surface area contributed by atoms with Gasteiger partial charge in [-0.25, -0.2) is 0 Å². The Kier molecular flexibility index (Phi) is 5.77. The van der Waals surface area contributed by atoms with Crippen LogP contribution in [0, 0.1) is 5.92 Å². The van der Waals surface area contributed by atoms with Crippen LogP contribution < -0.4 is 0 Å². The van der Waals surface area contributed by atoms with E-state index in [4.69, 9.17) is 0 Å². The number of likely N-dealkylation sites (tertiary alicyclic amines) is 1. The summed E-state index contributed by atoms with van der Waals surface area (Å²) in [6.45, 7) is 4.86. The maximum atomic E-state index is 12.6. The molecule has 2 heterocycles. The lowest BCUT2D eigenvalue weighted by Crippen LogP contribution is -2.56. The predicted molar refractivity (Wildman–Crippen MR) is 105 cm³/mol. The second-order valence-corrected chi connectivity index (χ2v) is 8.27. The molecule has 0 spiro atoms. The van der Waals surface area contributed by atoms with Gasteiger partial charge in [0.1, 0.15) is 0 Å². The van der Waals surface area contributed by atoms with E-state index >= 15 is 0 Å². The third-order valence-corrected chi connectivity index (χ3v) is 6.61. The van der Waals surface area contributed by atoms with Gasteiger partial charge in [-0.2, -0.15) is 0 Å². The Hall–Kier alpha value is -1.88. The number of benzene rings is 1. The first-order chi connectivity index (χ1) is 13.2. The molecule has 4 rings (SSSR count). The van der Waals surface area contributed by atoms with Crippen LogP contribution in [-0.2, 0) is 16.0 Å². The molecule has 1 aromatic rings. The summed E-state index contributed by atoms with van der Waals surface area (Å²) in [6.07, 6.45) is 6.32. The van der Waals surface area contributed by atoms with Crippen molar-refractivity contribution >= 4 is 11.8 Å². The molecule has 3 aliphatic rings. The molecule has 2 aliphatic heterocycles. The van der Waals surface area contributed by atoms with Crippen molar-refractivity contribution < 1.29 is 9.59 Å². The Bertz CT molecular complexity index is 651. The number of piperidine rings is 1. The smallest absolute Gasteiger partial charge is 0.236 e. The first-order valence-corrected chi connectivity index (χ1v) is 10.6. The van der Waals surface area contributed by atoms with Crippen molar-refractivity contribution in [2.45, 2.75) is 44.6 Å². The third-order valence-electron chi connectivity index (χ3n) is 6.61. The molecule has 0 N–H and O–H groups in total. The van der Waals surface area contributed by atoms with Gasteiger partial charge in [0.25, 0.3) is 0 Å². The summed E-state index contributed by atoms with van der Waals surface area (Å²) < 4.78 is 0. The van der Waals surface area contributed by atoms with E-state index in [2.05, 4.69) is 34.1 Å². The van der Waals surface area contributed by atoms with Crippen LogP contribution in [0.15, 0.2) is 30.3 Å². The lowest BCUT2D eigenvalue weighted by atomic mass is 9.84. The van der Waals surface area contributed by atoms with Gasteiger partial charge in [-0.3, -0.25) is 14.5 Å². The lowest BCUT2D eigenvalue weighted by molar-refractivity contribution is -0.142. The molecule has 2 saturated heterocycles. The van der Waals surface area contributed by atoms with Gasteiger partial charge in [-0.05, 0) is 37.7 Å². The predicted octanol–water partition coefficient (Wildman–Crippen LogP) is 2.16. The third kappa shape index (κ3) is 4.34. The minimum atomic E-state index is 0.255. The highest BCUT2D eigenvalue weighted by molar-refractivity contribution is 5.80. The van der Waals surface area contributed by atoms with Crippen LogP contribution in [0.3, 0.4) is 0 Å². The van der Waals surface area contributed by atoms with Crippen molar-refractivity contribution in [2.24, 2.45) is 5.92 Å². The van der Waals surface area contributed by atoms with Crippen LogP contribution in [-0.4, -0.2) is 71.8 Å². The molecule has 0 atom stereocenters. The zero-order valence-corrected chi connectivity index (χ0v) is 16.2. The zero-order chi connectivity index (χ0) is 18.6. The highest BCUT2D eigenvalue weighted by atomic mass is 16.2. The molecular formula is C22H31N3O2. The molecule has 0 unspecified atom stereocenters. The fourth-order valence-electron chi connectivity index (χ4n) is 4.55. The lowest BCUT2D eigenvalue weighted by Gasteiger charge is -2.43. The van der Waals surface area contributed by atoms with Crippen molar-refractivity contribution in [3.05, 3.63) is 35.9 Å². The summed E-state index contributed by atoms with van der Waals surface area (Å²) in [6, 6.07) is 10.8. The van der Waals surface area contributed by atoms with Crippen LogP contribution >= 0.6 is 0 Å². The van der Waals surface area contributed by atoms with E-state index < -0.39 is 0 Å². The fraction of sp³-hybridized carbons (Fsp3) is 0.636. The summed E-state index contributed by atoms with van der Waals surface area (Å²) in [4.78, 5) is 31.4. The Morgan fingerprint density at radius 2 is 1.70 bits per heavy atom. The van der Waals surface area contributed by atoms with E-state index in [0.717, 1.165) is 64.8 Å². The van der Waals surface area contributed by atoms with Crippen LogP contribution in [0.25, 0.3) is 0 Å². The number of piperazine rings is 1. The second kappa shape index (κ2) is 8.42. The van der Waals surface area contributed by atoms with Crippen molar-refractivity contribution in [3.63, 3.8) is 0 Å². The molecule has 0 aromatic heterocycles. The molecule has 1 aliphatic carbocycles. The second-order valence-electron chi connectivity index (χ2n) is 8.27. The maximum Gasteiger partial charge on any atom is 0.236 e. The van der Waals surface area contributed by atoms with Crippen molar-refractivity contribution in [2.75, 3.05) is 39.3 Å². The number of amides is 2. The minimum absolute atomic E-state index is 0.255. The van der Waals surface area contributed by atoms with E-state index in [1.165, 1.54) is 12.0 Å². The van der Waals surface area contributed by atoms with Crippen LogP contribution in [0.1, 0.15) is 37.7 Å². The van der Waals surface area contributed by atoms with Crippen LogP contribution in [0.5, 0.6) is 0 Å². The standard InChI is InChI=1S/C22H31N3O2/c26-21-17-25(16-15-23(21)12-9-18-5-2-1-3-6-18)20-10-13-24(14-11-20)22(27)19-7-4-8-19/h1-3,5-6,19-20H,4,7-17H2. The van der Waals surface area contributed by atoms with E-state index in [1.807, 2.05) is 11.0 Å². The summed E-state index contributed by atoms with van der Waals surface area (Å²) in [5.74, 6) is 0.933. The molecule has 1 saturated carbocycles. The Labute approximate surface area is 162 Å². The Morgan fingerprint density at radius 3 is 2.33 bits per heavy atom. The summed E-state index contributed by atoms with van der Waals surface area (Å²) >= 11 is 0. The molecule has 5 nitrogen and oxygen atoms in total. The van der Waals surface area contributed by atoms with Gasteiger partial charge in [0, 0.05) is 44.7 Å². The number of nitrogens with zero attached hydrogens (tertiary/aromatic N) is 3. The largest absolute Gasteiger partial charge is 0.342 e. The molecule has 3 fully saturated rings. The minimum Gasteiger partial charge on any atom is -0.342 e. The number of carbonyl (C=O) groups excluding carboxylic acids is 2. The average Bonchev–Trinajstić information content (AvgIpc) is 2.66. The van der Waals surface area contributed by atoms with E-state index in [9.17, 15) is 9.59 Å². The molecule has 2 amide bonds. The molecular weight excluding hydrogens is 338 g/mol. The summed E-state index contributed by atoms with van der Waals surface area (Å²) in [5.41, 5.74) is 1.29. The number of hydrogen-bond acceptors (Lipinski definition) is 3. The average molecular weight is 370 g/mol.